The van der Waals surface area contributed by atoms with Crippen molar-refractivity contribution < 1.29 is 14.6 Å². The number of carbonyl (C=O) groups is 1. The Balaban J connectivity index is 1.30. The minimum absolute atomic E-state index is 0.0266. The molecule has 37 heavy (non-hydrogen) atoms. The molecule has 0 aliphatic heterocycles. The van der Waals surface area contributed by atoms with Gasteiger partial charge in [0.15, 0.2) is 5.13 Å². The molecule has 0 spiro atoms. The van der Waals surface area contributed by atoms with Crippen LogP contribution in [-0.4, -0.2) is 40.3 Å². The predicted molar refractivity (Wildman–Crippen MR) is 150 cm³/mol. The summed E-state index contributed by atoms with van der Waals surface area (Å²) in [6, 6.07) is 17.8. The van der Waals surface area contributed by atoms with Crippen molar-refractivity contribution in [2.24, 2.45) is 5.10 Å². The number of nitrogens with zero attached hydrogens (tertiary/aromatic N) is 3. The highest BCUT2D eigenvalue weighted by Gasteiger charge is 2.09. The predicted octanol–water partition coefficient (Wildman–Crippen LogP) is 6.23. The van der Waals surface area contributed by atoms with Crippen LogP contribution in [0.4, 0.5) is 9.93 Å². The zero-order valence-electron chi connectivity index (χ0n) is 20.6. The largest absolute Gasteiger partial charge is 0.507 e. The van der Waals surface area contributed by atoms with Crippen LogP contribution in [0.3, 0.4) is 0 Å². The molecule has 1 aromatic heterocycles. The molecule has 0 unspecified atom stereocenters. The van der Waals surface area contributed by atoms with Gasteiger partial charge in [-0.05, 0) is 60.6 Å². The molecule has 10 heteroatoms. The molecule has 0 atom stereocenters. The number of hydrazone groups is 1. The minimum atomic E-state index is -0.528. The summed E-state index contributed by atoms with van der Waals surface area (Å²) in [5.74, 6) is 0.470. The zero-order chi connectivity index (χ0) is 26.2. The summed E-state index contributed by atoms with van der Waals surface area (Å²) >= 11 is 7.39. The van der Waals surface area contributed by atoms with Gasteiger partial charge in [-0.3, -0.25) is 10.2 Å². The van der Waals surface area contributed by atoms with Crippen LogP contribution in [0.15, 0.2) is 65.8 Å². The fraction of sp³-hybridized carbons (Fsp3) is 0.222. The maximum atomic E-state index is 12.3. The molecule has 0 aliphatic rings. The molecule has 0 saturated heterocycles. The second kappa shape index (κ2) is 12.5. The average Bonchev–Trinajstić information content (AvgIpc) is 3.28. The third-order valence-corrected chi connectivity index (χ3v) is 6.81. The first-order chi connectivity index (χ1) is 17.9. The van der Waals surface area contributed by atoms with Gasteiger partial charge in [0, 0.05) is 23.2 Å². The molecule has 3 N–H and O–H groups in total. The van der Waals surface area contributed by atoms with E-state index in [0.717, 1.165) is 35.4 Å². The SMILES string of the molecule is CCN(CC)Cc1ccc2nc(NC(=O)N/N=C/c3ccc(OCc4cccc(Cl)c4)cc3O)sc2c1. The number of hydrogen-bond acceptors (Lipinski definition) is 7. The first kappa shape index (κ1) is 26.4. The number of ether oxygens (including phenoxy) is 1. The molecule has 0 saturated carbocycles. The quantitative estimate of drug-likeness (QED) is 0.164. The molecule has 0 radical (unpaired) electrons. The number of amides is 2. The fourth-order valence-electron chi connectivity index (χ4n) is 3.63. The van der Waals surface area contributed by atoms with Gasteiger partial charge in [-0.1, -0.05) is 55.0 Å². The van der Waals surface area contributed by atoms with Crippen molar-refractivity contribution in [3.8, 4) is 11.5 Å². The Morgan fingerprint density at radius 3 is 2.73 bits per heavy atom. The van der Waals surface area contributed by atoms with Crippen LogP contribution in [0.1, 0.15) is 30.5 Å². The van der Waals surface area contributed by atoms with E-state index in [1.165, 1.54) is 29.2 Å². The lowest BCUT2D eigenvalue weighted by Crippen LogP contribution is -2.24. The zero-order valence-corrected chi connectivity index (χ0v) is 22.1. The molecule has 0 aliphatic carbocycles. The van der Waals surface area contributed by atoms with Gasteiger partial charge >= 0.3 is 6.03 Å². The van der Waals surface area contributed by atoms with Crippen LogP contribution < -0.4 is 15.5 Å². The maximum Gasteiger partial charge on any atom is 0.341 e. The maximum absolute atomic E-state index is 12.3. The molecular formula is C27H28ClN5O3S. The van der Waals surface area contributed by atoms with E-state index in [-0.39, 0.29) is 5.75 Å². The second-order valence-corrected chi connectivity index (χ2v) is 9.71. The average molecular weight is 538 g/mol. The highest BCUT2D eigenvalue weighted by Crippen LogP contribution is 2.27. The number of carbonyl (C=O) groups excluding carboxylic acids is 1. The monoisotopic (exact) mass is 537 g/mol. The van der Waals surface area contributed by atoms with Crippen molar-refractivity contribution in [3.05, 3.63) is 82.4 Å². The van der Waals surface area contributed by atoms with Crippen LogP contribution >= 0.6 is 22.9 Å². The molecule has 3 aromatic carbocycles. The number of urea groups is 1. The van der Waals surface area contributed by atoms with E-state index in [4.69, 9.17) is 16.3 Å². The van der Waals surface area contributed by atoms with Gasteiger partial charge in [0.25, 0.3) is 0 Å². The Kier molecular flexibility index (Phi) is 8.95. The number of phenols is 1. The van der Waals surface area contributed by atoms with E-state index in [1.54, 1.807) is 18.2 Å². The van der Waals surface area contributed by atoms with Gasteiger partial charge in [0.1, 0.15) is 18.1 Å². The van der Waals surface area contributed by atoms with E-state index in [2.05, 4.69) is 51.7 Å². The van der Waals surface area contributed by atoms with E-state index in [0.29, 0.717) is 28.1 Å². The van der Waals surface area contributed by atoms with Crippen LogP contribution in [0.25, 0.3) is 10.2 Å². The molecule has 4 rings (SSSR count). The smallest absolute Gasteiger partial charge is 0.341 e. The molecule has 192 valence electrons. The van der Waals surface area contributed by atoms with Crippen LogP contribution in [0.5, 0.6) is 11.5 Å². The summed E-state index contributed by atoms with van der Waals surface area (Å²) in [7, 11) is 0. The number of hydrogen-bond donors (Lipinski definition) is 3. The number of benzene rings is 3. The van der Waals surface area contributed by atoms with Crippen molar-refractivity contribution in [3.63, 3.8) is 0 Å². The third-order valence-electron chi connectivity index (χ3n) is 5.64. The van der Waals surface area contributed by atoms with Crippen molar-refractivity contribution in [1.82, 2.24) is 15.3 Å². The summed E-state index contributed by atoms with van der Waals surface area (Å²) < 4.78 is 6.71. The number of thiazole rings is 1. The van der Waals surface area contributed by atoms with Crippen molar-refractivity contribution in [1.29, 1.82) is 0 Å². The normalized spacial score (nSPS) is 11.4. The minimum Gasteiger partial charge on any atom is -0.507 e. The first-order valence-electron chi connectivity index (χ1n) is 11.9. The third kappa shape index (κ3) is 7.42. The van der Waals surface area contributed by atoms with Gasteiger partial charge in [-0.15, -0.1) is 0 Å². The Labute approximate surface area is 224 Å². The Bertz CT molecular complexity index is 1400. The Hall–Kier alpha value is -3.66. The Morgan fingerprint density at radius 2 is 1.97 bits per heavy atom. The van der Waals surface area contributed by atoms with Gasteiger partial charge in [-0.2, -0.15) is 5.10 Å². The van der Waals surface area contributed by atoms with Crippen molar-refractivity contribution in [2.45, 2.75) is 27.0 Å². The van der Waals surface area contributed by atoms with Crippen LogP contribution in [0.2, 0.25) is 5.02 Å². The lowest BCUT2D eigenvalue weighted by atomic mass is 10.2. The molecule has 0 fully saturated rings. The number of fused-ring (bicyclic) bond motifs is 1. The topological polar surface area (TPSA) is 99.1 Å². The van der Waals surface area contributed by atoms with Crippen LogP contribution in [-0.2, 0) is 13.2 Å². The molecule has 2 amide bonds. The van der Waals surface area contributed by atoms with Crippen LogP contribution in [0, 0.1) is 0 Å². The van der Waals surface area contributed by atoms with E-state index < -0.39 is 6.03 Å². The van der Waals surface area contributed by atoms with Gasteiger partial charge in [-0.25, -0.2) is 15.2 Å². The van der Waals surface area contributed by atoms with E-state index in [9.17, 15) is 9.90 Å². The molecule has 1 heterocycles. The summed E-state index contributed by atoms with van der Waals surface area (Å²) in [5.41, 5.74) is 5.78. The lowest BCUT2D eigenvalue weighted by Gasteiger charge is -2.17. The summed E-state index contributed by atoms with van der Waals surface area (Å²) in [6.07, 6.45) is 1.35. The summed E-state index contributed by atoms with van der Waals surface area (Å²) in [6.45, 7) is 7.47. The summed E-state index contributed by atoms with van der Waals surface area (Å²) in [5, 5.41) is 18.0. The molecule has 8 nitrogen and oxygen atoms in total. The number of halogens is 1. The molecule has 4 aromatic rings. The van der Waals surface area contributed by atoms with Gasteiger partial charge in [0.05, 0.1) is 16.4 Å². The molecule has 0 bridgehead atoms. The summed E-state index contributed by atoms with van der Waals surface area (Å²) in [4.78, 5) is 19.1. The molecular weight excluding hydrogens is 510 g/mol. The fourth-order valence-corrected chi connectivity index (χ4v) is 4.77. The van der Waals surface area contributed by atoms with Gasteiger partial charge < -0.3 is 9.84 Å². The number of phenolic OH excluding ortho intramolecular Hbond substituents is 1. The number of nitrogens with one attached hydrogen (secondary N) is 2. The van der Waals surface area contributed by atoms with Crippen molar-refractivity contribution >= 4 is 50.5 Å². The van der Waals surface area contributed by atoms with E-state index >= 15 is 0 Å². The van der Waals surface area contributed by atoms with Crippen molar-refractivity contribution in [2.75, 3.05) is 18.4 Å². The lowest BCUT2D eigenvalue weighted by molar-refractivity contribution is 0.252. The highest BCUT2D eigenvalue weighted by molar-refractivity contribution is 7.22. The second-order valence-electron chi connectivity index (χ2n) is 8.25. The number of aromatic nitrogens is 1. The van der Waals surface area contributed by atoms with Gasteiger partial charge in [0.2, 0.25) is 0 Å². The van der Waals surface area contributed by atoms with E-state index in [1.807, 2.05) is 24.3 Å². The standard InChI is InChI=1S/C27H28ClN5O3S/c1-3-33(4-2)16-18-8-11-23-25(13-18)37-27(30-23)31-26(35)32-29-15-20-9-10-22(14-24(20)34)36-17-19-6-5-7-21(28)12-19/h5-15,34H,3-4,16-17H2,1-2H3,(H2,30,31,32,35)/b29-15+. The number of anilines is 1. The highest BCUT2D eigenvalue weighted by atomic mass is 35.5. The number of aromatic hydroxyl groups is 1. The first-order valence-corrected chi connectivity index (χ1v) is 13.0. The Morgan fingerprint density at radius 1 is 1.14 bits per heavy atom. The number of rotatable bonds is 10.